The van der Waals surface area contributed by atoms with Gasteiger partial charge >= 0.3 is 0 Å². The molecule has 0 aromatic heterocycles. The van der Waals surface area contributed by atoms with E-state index in [0.29, 0.717) is 0 Å². The molecule has 5 unspecified atom stereocenters. The molecule has 0 radical (unpaired) electrons. The van der Waals surface area contributed by atoms with Crippen LogP contribution in [-0.4, -0.2) is 34.1 Å². The number of rotatable bonds is 3. The molecule has 0 aliphatic heterocycles. The summed E-state index contributed by atoms with van der Waals surface area (Å²) in [5.74, 6) is 0.406. The molecule has 2 fully saturated rings. The van der Waals surface area contributed by atoms with Crippen LogP contribution in [-0.2, 0) is 0 Å². The Hall–Kier alpha value is -0.380. The van der Waals surface area contributed by atoms with Crippen molar-refractivity contribution in [2.24, 2.45) is 29.1 Å². The van der Waals surface area contributed by atoms with Gasteiger partial charge in [0.25, 0.3) is 0 Å². The zero-order valence-electron chi connectivity index (χ0n) is 11.7. The van der Waals surface area contributed by atoms with Gasteiger partial charge in [-0.2, -0.15) is 0 Å². The third-order valence-electron chi connectivity index (χ3n) is 5.67. The summed E-state index contributed by atoms with van der Waals surface area (Å²) in [6.45, 7) is 10.2. The van der Waals surface area contributed by atoms with E-state index in [4.69, 9.17) is 0 Å². The zero-order valence-corrected chi connectivity index (χ0v) is 11.7. The SMILES string of the molecule is C=C1C(CO)C2C(C(C)(C)O)CCC1(C)C2CO. The van der Waals surface area contributed by atoms with Crippen LogP contribution in [0.3, 0.4) is 0 Å². The van der Waals surface area contributed by atoms with E-state index in [0.717, 1.165) is 18.4 Å². The molecule has 2 aliphatic rings. The third kappa shape index (κ3) is 1.75. The average molecular weight is 254 g/mol. The molecular weight excluding hydrogens is 228 g/mol. The Morgan fingerprint density at radius 3 is 2.39 bits per heavy atom. The van der Waals surface area contributed by atoms with Gasteiger partial charge in [-0.1, -0.05) is 19.1 Å². The van der Waals surface area contributed by atoms with Crippen LogP contribution in [0.5, 0.6) is 0 Å². The molecule has 2 saturated carbocycles. The van der Waals surface area contributed by atoms with E-state index >= 15 is 0 Å². The van der Waals surface area contributed by atoms with Crippen LogP contribution in [0.4, 0.5) is 0 Å². The lowest BCUT2D eigenvalue weighted by molar-refractivity contribution is -0.0757. The van der Waals surface area contributed by atoms with Crippen LogP contribution in [0.15, 0.2) is 12.2 Å². The van der Waals surface area contributed by atoms with Gasteiger partial charge in [-0.25, -0.2) is 0 Å². The normalized spacial score (nSPS) is 44.4. The minimum Gasteiger partial charge on any atom is -0.396 e. The smallest absolute Gasteiger partial charge is 0.0622 e. The molecule has 3 heteroatoms. The predicted molar refractivity (Wildman–Crippen MR) is 70.9 cm³/mol. The van der Waals surface area contributed by atoms with Crippen molar-refractivity contribution in [1.29, 1.82) is 0 Å². The fraction of sp³-hybridized carbons (Fsp3) is 0.867. The maximum atomic E-state index is 10.4. The fourth-order valence-corrected chi connectivity index (χ4v) is 4.53. The van der Waals surface area contributed by atoms with Gasteiger partial charge in [-0.3, -0.25) is 0 Å². The van der Waals surface area contributed by atoms with Gasteiger partial charge in [0.05, 0.1) is 5.60 Å². The standard InChI is InChI=1S/C15H26O3/c1-9-10(7-16)13-11(14(2,3)18)5-6-15(9,4)12(13)8-17/h10-13,16-18H,1,5-8H2,2-4H3. The Kier molecular flexibility index (Phi) is 3.37. The highest BCUT2D eigenvalue weighted by Crippen LogP contribution is 2.63. The van der Waals surface area contributed by atoms with E-state index in [1.807, 2.05) is 13.8 Å². The van der Waals surface area contributed by atoms with Crippen LogP contribution in [0.2, 0.25) is 0 Å². The molecule has 0 aromatic carbocycles. The molecule has 0 spiro atoms. The lowest BCUT2D eigenvalue weighted by Gasteiger charge is -2.46. The van der Waals surface area contributed by atoms with Crippen LogP contribution < -0.4 is 0 Å². The largest absolute Gasteiger partial charge is 0.396 e. The number of hydrogen-bond acceptors (Lipinski definition) is 3. The van der Waals surface area contributed by atoms with Crippen molar-refractivity contribution in [1.82, 2.24) is 0 Å². The Balaban J connectivity index is 2.43. The quantitative estimate of drug-likeness (QED) is 0.670. The van der Waals surface area contributed by atoms with Crippen molar-refractivity contribution in [3.05, 3.63) is 12.2 Å². The van der Waals surface area contributed by atoms with Gasteiger partial charge in [-0.05, 0) is 49.9 Å². The molecule has 2 rings (SSSR count). The highest BCUT2D eigenvalue weighted by Gasteiger charge is 2.60. The molecule has 2 bridgehead atoms. The molecule has 0 amide bonds. The van der Waals surface area contributed by atoms with Crippen molar-refractivity contribution in [3.63, 3.8) is 0 Å². The number of aliphatic hydroxyl groups is 3. The first kappa shape index (κ1) is 14.0. The van der Waals surface area contributed by atoms with Gasteiger partial charge in [0.2, 0.25) is 0 Å². The van der Waals surface area contributed by atoms with Gasteiger partial charge in [0.15, 0.2) is 0 Å². The van der Waals surface area contributed by atoms with E-state index in [9.17, 15) is 15.3 Å². The highest BCUT2D eigenvalue weighted by molar-refractivity contribution is 5.27. The highest BCUT2D eigenvalue weighted by atomic mass is 16.3. The second-order valence-corrected chi connectivity index (χ2v) is 6.90. The zero-order chi connectivity index (χ0) is 13.7. The summed E-state index contributed by atoms with van der Waals surface area (Å²) in [7, 11) is 0. The van der Waals surface area contributed by atoms with Crippen LogP contribution in [0, 0.1) is 29.1 Å². The minimum absolute atomic E-state index is 0.0195. The molecule has 0 saturated heterocycles. The first-order valence-electron chi connectivity index (χ1n) is 6.90. The first-order chi connectivity index (χ1) is 8.27. The summed E-state index contributed by atoms with van der Waals surface area (Å²) in [5, 5.41) is 29.8. The molecular formula is C15H26O3. The lowest BCUT2D eigenvalue weighted by Crippen LogP contribution is -2.46. The monoisotopic (exact) mass is 254 g/mol. The number of hydrogen-bond donors (Lipinski definition) is 3. The summed E-state index contributed by atoms with van der Waals surface area (Å²) in [4.78, 5) is 0. The van der Waals surface area contributed by atoms with Crippen molar-refractivity contribution in [2.45, 2.75) is 39.2 Å². The van der Waals surface area contributed by atoms with Crippen molar-refractivity contribution < 1.29 is 15.3 Å². The van der Waals surface area contributed by atoms with Crippen molar-refractivity contribution >= 4 is 0 Å². The molecule has 104 valence electrons. The minimum atomic E-state index is -0.766. The molecule has 3 nitrogen and oxygen atoms in total. The predicted octanol–water partition coefficient (Wildman–Crippen LogP) is 1.58. The first-order valence-corrected chi connectivity index (χ1v) is 6.90. The Morgan fingerprint density at radius 2 is 1.94 bits per heavy atom. The maximum Gasteiger partial charge on any atom is 0.0622 e. The van der Waals surface area contributed by atoms with Crippen LogP contribution >= 0.6 is 0 Å². The van der Waals surface area contributed by atoms with E-state index in [2.05, 4.69) is 13.5 Å². The van der Waals surface area contributed by atoms with Gasteiger partial charge in [-0.15, -0.1) is 0 Å². The van der Waals surface area contributed by atoms with Gasteiger partial charge < -0.3 is 15.3 Å². The molecule has 3 N–H and O–H groups in total. The lowest BCUT2D eigenvalue weighted by atomic mass is 9.60. The topological polar surface area (TPSA) is 60.7 Å². The second-order valence-electron chi connectivity index (χ2n) is 6.90. The summed E-state index contributed by atoms with van der Waals surface area (Å²) in [6, 6.07) is 0. The summed E-state index contributed by atoms with van der Waals surface area (Å²) in [6.07, 6.45) is 1.88. The van der Waals surface area contributed by atoms with E-state index in [1.165, 1.54) is 0 Å². The Bertz CT molecular complexity index is 344. The molecule has 2 aliphatic carbocycles. The van der Waals surface area contributed by atoms with Gasteiger partial charge in [0.1, 0.15) is 0 Å². The second kappa shape index (κ2) is 4.32. The number of aliphatic hydroxyl groups excluding tert-OH is 2. The van der Waals surface area contributed by atoms with E-state index < -0.39 is 5.60 Å². The summed E-state index contributed by atoms with van der Waals surface area (Å²) in [5.41, 5.74) is 0.229. The van der Waals surface area contributed by atoms with Crippen LogP contribution in [0.25, 0.3) is 0 Å². The van der Waals surface area contributed by atoms with Gasteiger partial charge in [0, 0.05) is 19.1 Å². The molecule has 5 atom stereocenters. The number of fused-ring (bicyclic) bond motifs is 2. The fourth-order valence-electron chi connectivity index (χ4n) is 4.53. The van der Waals surface area contributed by atoms with E-state index in [1.54, 1.807) is 0 Å². The Labute approximate surface area is 110 Å². The van der Waals surface area contributed by atoms with E-state index in [-0.39, 0.29) is 42.3 Å². The summed E-state index contributed by atoms with van der Waals surface area (Å²) >= 11 is 0. The molecule has 0 aromatic rings. The van der Waals surface area contributed by atoms with Crippen LogP contribution in [0.1, 0.15) is 33.6 Å². The molecule has 18 heavy (non-hydrogen) atoms. The average Bonchev–Trinajstić information content (AvgIpc) is 2.40. The van der Waals surface area contributed by atoms with Crippen molar-refractivity contribution in [3.8, 4) is 0 Å². The summed E-state index contributed by atoms with van der Waals surface area (Å²) < 4.78 is 0. The Morgan fingerprint density at radius 1 is 1.33 bits per heavy atom. The third-order valence-corrected chi connectivity index (χ3v) is 5.67. The molecule has 0 heterocycles. The van der Waals surface area contributed by atoms with Crippen molar-refractivity contribution in [2.75, 3.05) is 13.2 Å². The maximum absolute atomic E-state index is 10.4.